The minimum atomic E-state index is -0.0767. The number of rotatable bonds is 1. The second-order valence-corrected chi connectivity index (χ2v) is 1.87. The molecule has 0 unspecified atom stereocenters. The number of nitrogens with zero attached hydrogens (tertiary/aromatic N) is 1. The molecule has 0 spiro atoms. The fourth-order valence-corrected chi connectivity index (χ4v) is 0.625. The Hall–Kier alpha value is 2.41. The van der Waals surface area contributed by atoms with Crippen molar-refractivity contribution in [2.45, 2.75) is 12.8 Å². The van der Waals surface area contributed by atoms with E-state index in [9.17, 15) is 4.79 Å². The van der Waals surface area contributed by atoms with Crippen molar-refractivity contribution < 1.29 is 108 Å². The third-order valence-electron chi connectivity index (χ3n) is 1.16. The van der Waals surface area contributed by atoms with Crippen LogP contribution in [-0.4, -0.2) is 23.3 Å². The van der Waals surface area contributed by atoms with E-state index in [0.717, 1.165) is 0 Å². The van der Waals surface area contributed by atoms with Crippen LogP contribution < -0.4 is 5.43 Å². The smallest absolute Gasteiger partial charge is 0.240 e. The number of amides is 1. The summed E-state index contributed by atoms with van der Waals surface area (Å²) in [4.78, 5) is 10.4. The average Bonchev–Trinajstić information content (AvgIpc) is 1.90. The number of aliphatic hydroxyl groups excluding tert-OH is 1. The maximum absolute atomic E-state index is 10.4. The molecular formula is C5H8N2O2Y3. The topological polar surface area (TPSA) is 61.7 Å². The van der Waals surface area contributed by atoms with E-state index in [1.165, 1.54) is 0 Å². The molecule has 7 heteroatoms. The van der Waals surface area contributed by atoms with E-state index in [2.05, 4.69) is 10.5 Å². The first kappa shape index (κ1) is 19.9. The Labute approximate surface area is 147 Å². The number of carbonyl (C=O) groups is 1. The van der Waals surface area contributed by atoms with Gasteiger partial charge < -0.3 is 5.11 Å². The van der Waals surface area contributed by atoms with Crippen LogP contribution in [0, 0.1) is 0 Å². The summed E-state index contributed by atoms with van der Waals surface area (Å²) >= 11 is 0. The van der Waals surface area contributed by atoms with Gasteiger partial charge in [-0.1, -0.05) is 0 Å². The van der Waals surface area contributed by atoms with Gasteiger partial charge in [0.1, 0.15) is 0 Å². The maximum atomic E-state index is 10.4. The van der Waals surface area contributed by atoms with Gasteiger partial charge in [0.05, 0.1) is 12.3 Å². The molecule has 1 rings (SSSR count). The summed E-state index contributed by atoms with van der Waals surface area (Å²) in [6.45, 7) is -0.0553. The summed E-state index contributed by atoms with van der Waals surface area (Å²) in [5, 5.41) is 12.1. The van der Waals surface area contributed by atoms with Gasteiger partial charge in [-0.05, 0) is 6.42 Å². The Kier molecular flexibility index (Phi) is 19.1. The minimum Gasteiger partial charge on any atom is -0.390 e. The quantitative estimate of drug-likeness (QED) is 0.614. The van der Waals surface area contributed by atoms with Crippen LogP contribution in [0.1, 0.15) is 12.8 Å². The van der Waals surface area contributed by atoms with Crippen molar-refractivity contribution in [2.24, 2.45) is 5.10 Å². The standard InChI is InChI=1S/C5H8N2O2.3Y/c8-3-4-1-2-5(9)7-6-4;;;/h8H,1-3H2,(H,7,9);;;. The van der Waals surface area contributed by atoms with Gasteiger partial charge in [0.15, 0.2) is 0 Å². The van der Waals surface area contributed by atoms with Gasteiger partial charge in [-0.3, -0.25) is 4.79 Å². The molecule has 4 nitrogen and oxygen atoms in total. The number of hydrazone groups is 1. The Morgan fingerprint density at radius 2 is 1.92 bits per heavy atom. The number of aliphatic hydroxyl groups is 1. The van der Waals surface area contributed by atoms with Crippen molar-refractivity contribution in [1.29, 1.82) is 0 Å². The Balaban J connectivity index is -0.000000270. The average molecular weight is 395 g/mol. The molecule has 0 aromatic rings. The van der Waals surface area contributed by atoms with Crippen LogP contribution in [0.3, 0.4) is 0 Å². The molecule has 0 saturated heterocycles. The molecule has 12 heavy (non-hydrogen) atoms. The molecular weight excluding hydrogens is 387 g/mol. The first-order chi connectivity index (χ1) is 4.33. The van der Waals surface area contributed by atoms with Crippen LogP contribution in [0.25, 0.3) is 0 Å². The van der Waals surface area contributed by atoms with Crippen molar-refractivity contribution in [3.63, 3.8) is 0 Å². The van der Waals surface area contributed by atoms with E-state index >= 15 is 0 Å². The Bertz CT molecular complexity index is 163. The monoisotopic (exact) mass is 395 g/mol. The molecule has 1 aliphatic rings. The van der Waals surface area contributed by atoms with E-state index in [0.29, 0.717) is 18.6 Å². The van der Waals surface area contributed by atoms with Crippen LogP contribution in [0.2, 0.25) is 0 Å². The maximum Gasteiger partial charge on any atom is 0.240 e. The predicted octanol–water partition coefficient (Wildman–Crippen LogP) is -0.763. The molecule has 3 radical (unpaired) electrons. The zero-order chi connectivity index (χ0) is 6.69. The molecule has 1 aliphatic heterocycles. The summed E-state index contributed by atoms with van der Waals surface area (Å²) in [5.74, 6) is -0.0767. The van der Waals surface area contributed by atoms with Crippen molar-refractivity contribution in [1.82, 2.24) is 5.43 Å². The third-order valence-corrected chi connectivity index (χ3v) is 1.16. The largest absolute Gasteiger partial charge is 0.390 e. The SMILES string of the molecule is O=C1CCC(CO)=NN1.[Y].[Y].[Y]. The van der Waals surface area contributed by atoms with E-state index in [-0.39, 0.29) is 111 Å². The van der Waals surface area contributed by atoms with Gasteiger partial charge in [-0.2, -0.15) is 5.10 Å². The normalized spacial score (nSPS) is 14.1. The van der Waals surface area contributed by atoms with Gasteiger partial charge in [0, 0.05) is 105 Å². The van der Waals surface area contributed by atoms with Crippen LogP contribution in [0.15, 0.2) is 5.10 Å². The van der Waals surface area contributed by atoms with E-state index in [1.807, 2.05) is 0 Å². The number of hydrogen-bond donors (Lipinski definition) is 2. The van der Waals surface area contributed by atoms with Crippen molar-refractivity contribution >= 4 is 11.6 Å². The molecule has 0 fully saturated rings. The molecule has 0 bridgehead atoms. The van der Waals surface area contributed by atoms with E-state index < -0.39 is 0 Å². The second-order valence-electron chi connectivity index (χ2n) is 1.87. The van der Waals surface area contributed by atoms with E-state index in [4.69, 9.17) is 5.11 Å². The van der Waals surface area contributed by atoms with Crippen molar-refractivity contribution in [2.75, 3.05) is 6.61 Å². The third kappa shape index (κ3) is 7.78. The Morgan fingerprint density at radius 3 is 2.25 bits per heavy atom. The van der Waals surface area contributed by atoms with Gasteiger partial charge in [-0.15, -0.1) is 0 Å². The zero-order valence-electron chi connectivity index (χ0n) is 6.66. The summed E-state index contributed by atoms with van der Waals surface area (Å²) in [5.41, 5.74) is 2.92. The first-order valence-corrected chi connectivity index (χ1v) is 2.78. The fraction of sp³-hybridized carbons (Fsp3) is 0.600. The number of carbonyl (C=O) groups excluding carboxylic acids is 1. The van der Waals surface area contributed by atoms with Gasteiger partial charge >= 0.3 is 0 Å². The summed E-state index contributed by atoms with van der Waals surface area (Å²) in [6, 6.07) is 0. The van der Waals surface area contributed by atoms with Crippen LogP contribution in [-0.2, 0) is 103 Å². The summed E-state index contributed by atoms with van der Waals surface area (Å²) in [7, 11) is 0. The molecule has 0 aromatic heterocycles. The Morgan fingerprint density at radius 1 is 1.33 bits per heavy atom. The van der Waals surface area contributed by atoms with Crippen molar-refractivity contribution in [3.05, 3.63) is 0 Å². The molecule has 0 atom stereocenters. The first-order valence-electron chi connectivity index (χ1n) is 2.78. The second kappa shape index (κ2) is 11.5. The molecule has 0 saturated carbocycles. The predicted molar refractivity (Wildman–Crippen MR) is 31.9 cm³/mol. The molecule has 0 aromatic carbocycles. The number of hydrogen-bond acceptors (Lipinski definition) is 3. The van der Waals surface area contributed by atoms with Gasteiger partial charge in [0.2, 0.25) is 5.91 Å². The van der Waals surface area contributed by atoms with Crippen LogP contribution >= 0.6 is 0 Å². The minimum absolute atomic E-state index is 0. The van der Waals surface area contributed by atoms with Gasteiger partial charge in [0.25, 0.3) is 0 Å². The zero-order valence-corrected chi connectivity index (χ0v) is 15.2. The molecule has 1 amide bonds. The summed E-state index contributed by atoms with van der Waals surface area (Å²) in [6.07, 6.45) is 1.03. The molecule has 0 aliphatic carbocycles. The van der Waals surface area contributed by atoms with Crippen LogP contribution in [0.4, 0.5) is 0 Å². The molecule has 59 valence electrons. The summed E-state index contributed by atoms with van der Waals surface area (Å²) < 4.78 is 0. The fourth-order valence-electron chi connectivity index (χ4n) is 0.625. The van der Waals surface area contributed by atoms with Crippen LogP contribution in [0.5, 0.6) is 0 Å². The van der Waals surface area contributed by atoms with Gasteiger partial charge in [-0.25, -0.2) is 5.43 Å². The molecule has 1 heterocycles. The van der Waals surface area contributed by atoms with E-state index in [1.54, 1.807) is 0 Å². The van der Waals surface area contributed by atoms with Crippen molar-refractivity contribution in [3.8, 4) is 0 Å². The number of nitrogens with one attached hydrogen (secondary N) is 1. The molecule has 2 N–H and O–H groups in total.